The molecule has 2 heterocycles. The third kappa shape index (κ3) is 3.90. The Labute approximate surface area is 135 Å². The molecule has 1 aromatic heterocycles. The maximum Gasteiger partial charge on any atom is 0.267 e. The molecule has 116 valence electrons. The van der Waals surface area contributed by atoms with E-state index in [4.69, 9.17) is 11.6 Å². The van der Waals surface area contributed by atoms with E-state index in [1.807, 2.05) is 18.2 Å². The monoisotopic (exact) mass is 317 g/mol. The summed E-state index contributed by atoms with van der Waals surface area (Å²) in [5.74, 6) is -0.0128. The average molecular weight is 318 g/mol. The lowest BCUT2D eigenvalue weighted by molar-refractivity contribution is 0.0904. The van der Waals surface area contributed by atoms with Crippen LogP contribution in [0.3, 0.4) is 0 Å². The number of benzene rings is 1. The zero-order valence-corrected chi connectivity index (χ0v) is 13.1. The van der Waals surface area contributed by atoms with Crippen LogP contribution in [-0.2, 0) is 6.54 Å². The van der Waals surface area contributed by atoms with Crippen LogP contribution in [0.15, 0.2) is 42.6 Å². The molecule has 2 aromatic rings. The van der Waals surface area contributed by atoms with Crippen LogP contribution in [0.1, 0.15) is 28.9 Å². The molecule has 1 aliphatic rings. The predicted octanol–water partition coefficient (Wildman–Crippen LogP) is 3.06. The second kappa shape index (κ2) is 6.99. The number of carbonyl (C=O) groups excluding carboxylic acids is 1. The third-order valence-electron chi connectivity index (χ3n) is 4.08. The highest BCUT2D eigenvalue weighted by molar-refractivity contribution is 6.30. The van der Waals surface area contributed by atoms with Crippen molar-refractivity contribution in [1.82, 2.24) is 15.2 Å². The van der Waals surface area contributed by atoms with Crippen LogP contribution in [0, 0.1) is 0 Å². The van der Waals surface area contributed by atoms with Crippen LogP contribution >= 0.6 is 11.6 Å². The maximum atomic E-state index is 12.0. The summed E-state index contributed by atoms with van der Waals surface area (Å²) < 4.78 is 0. The zero-order chi connectivity index (χ0) is 15.4. The summed E-state index contributed by atoms with van der Waals surface area (Å²) in [6.45, 7) is 2.94. The predicted molar refractivity (Wildman–Crippen MR) is 88.0 cm³/mol. The number of nitrogens with zero attached hydrogens (tertiary/aromatic N) is 1. The van der Waals surface area contributed by atoms with Gasteiger partial charge >= 0.3 is 0 Å². The summed E-state index contributed by atoms with van der Waals surface area (Å²) in [5, 5.41) is 3.87. The number of aromatic amines is 1. The van der Waals surface area contributed by atoms with Crippen LogP contribution in [0.2, 0.25) is 5.02 Å². The van der Waals surface area contributed by atoms with Crippen LogP contribution in [-0.4, -0.2) is 34.9 Å². The standard InChI is InChI=1S/C17H20ClN3O/c18-14-5-3-13(4-6-14)12-21-10-7-15(8-11-21)20-17(22)16-2-1-9-19-16/h1-6,9,15,19H,7-8,10-12H2,(H,20,22). The van der Waals surface area contributed by atoms with Crippen LogP contribution in [0.5, 0.6) is 0 Å². The number of hydrogen-bond donors (Lipinski definition) is 2. The molecule has 1 amide bonds. The normalized spacial score (nSPS) is 16.6. The van der Waals surface area contributed by atoms with Crippen molar-refractivity contribution < 1.29 is 4.79 Å². The van der Waals surface area contributed by atoms with Crippen molar-refractivity contribution in [2.75, 3.05) is 13.1 Å². The van der Waals surface area contributed by atoms with Crippen molar-refractivity contribution in [2.45, 2.75) is 25.4 Å². The molecule has 3 rings (SSSR count). The van der Waals surface area contributed by atoms with E-state index in [0.717, 1.165) is 37.5 Å². The van der Waals surface area contributed by atoms with Gasteiger partial charge in [-0.25, -0.2) is 0 Å². The first kappa shape index (κ1) is 15.1. The summed E-state index contributed by atoms with van der Waals surface area (Å²) in [6, 6.07) is 11.9. The molecule has 1 aromatic carbocycles. The van der Waals surface area contributed by atoms with Crippen molar-refractivity contribution in [3.8, 4) is 0 Å². The molecule has 1 fully saturated rings. The van der Waals surface area contributed by atoms with E-state index >= 15 is 0 Å². The van der Waals surface area contributed by atoms with Crippen LogP contribution in [0.25, 0.3) is 0 Å². The third-order valence-corrected chi connectivity index (χ3v) is 4.34. The lowest BCUT2D eigenvalue weighted by Crippen LogP contribution is -2.44. The van der Waals surface area contributed by atoms with Gasteiger partial charge in [0.05, 0.1) is 0 Å². The lowest BCUT2D eigenvalue weighted by Gasteiger charge is -2.32. The molecule has 0 saturated carbocycles. The molecule has 1 saturated heterocycles. The Hall–Kier alpha value is -1.78. The Morgan fingerprint density at radius 2 is 1.95 bits per heavy atom. The van der Waals surface area contributed by atoms with E-state index in [0.29, 0.717) is 5.69 Å². The Bertz CT molecular complexity index is 601. The molecule has 4 nitrogen and oxygen atoms in total. The highest BCUT2D eigenvalue weighted by atomic mass is 35.5. The number of carbonyl (C=O) groups is 1. The van der Waals surface area contributed by atoms with Crippen molar-refractivity contribution >= 4 is 17.5 Å². The van der Waals surface area contributed by atoms with Gasteiger partial charge in [0.1, 0.15) is 5.69 Å². The second-order valence-corrected chi connectivity index (χ2v) is 6.17. The van der Waals surface area contributed by atoms with Gasteiger partial charge in [-0.1, -0.05) is 23.7 Å². The van der Waals surface area contributed by atoms with Crippen LogP contribution in [0.4, 0.5) is 0 Å². The Morgan fingerprint density at radius 1 is 1.23 bits per heavy atom. The number of rotatable bonds is 4. The topological polar surface area (TPSA) is 48.1 Å². The largest absolute Gasteiger partial charge is 0.357 e. The van der Waals surface area contributed by atoms with E-state index in [1.54, 1.807) is 12.3 Å². The van der Waals surface area contributed by atoms with Gasteiger partial charge in [0, 0.05) is 36.9 Å². The number of nitrogens with one attached hydrogen (secondary N) is 2. The first-order valence-electron chi connectivity index (χ1n) is 7.62. The average Bonchev–Trinajstić information content (AvgIpc) is 3.06. The van der Waals surface area contributed by atoms with E-state index < -0.39 is 0 Å². The molecule has 0 bridgehead atoms. The lowest BCUT2D eigenvalue weighted by atomic mass is 10.0. The van der Waals surface area contributed by atoms with Gasteiger partial charge in [0.25, 0.3) is 5.91 Å². The highest BCUT2D eigenvalue weighted by Crippen LogP contribution is 2.16. The molecule has 1 aliphatic heterocycles. The van der Waals surface area contributed by atoms with Gasteiger partial charge in [-0.15, -0.1) is 0 Å². The summed E-state index contributed by atoms with van der Waals surface area (Å²) in [6.07, 6.45) is 3.74. The van der Waals surface area contributed by atoms with Crippen molar-refractivity contribution in [1.29, 1.82) is 0 Å². The summed E-state index contributed by atoms with van der Waals surface area (Å²) >= 11 is 5.91. The molecule has 0 atom stereocenters. The second-order valence-electron chi connectivity index (χ2n) is 5.73. The Kier molecular flexibility index (Phi) is 4.80. The Morgan fingerprint density at radius 3 is 2.59 bits per heavy atom. The zero-order valence-electron chi connectivity index (χ0n) is 12.4. The smallest absolute Gasteiger partial charge is 0.267 e. The fourth-order valence-corrected chi connectivity index (χ4v) is 2.94. The van der Waals surface area contributed by atoms with E-state index in [1.165, 1.54) is 5.56 Å². The number of amides is 1. The Balaban J connectivity index is 1.46. The SMILES string of the molecule is O=C(NC1CCN(Cc2ccc(Cl)cc2)CC1)c1ccc[nH]1. The molecule has 5 heteroatoms. The minimum absolute atomic E-state index is 0.0128. The molecule has 0 spiro atoms. The number of halogens is 1. The van der Waals surface area contributed by atoms with Crippen molar-refractivity contribution in [3.63, 3.8) is 0 Å². The van der Waals surface area contributed by atoms with Crippen molar-refractivity contribution in [3.05, 3.63) is 58.9 Å². The van der Waals surface area contributed by atoms with Crippen LogP contribution < -0.4 is 5.32 Å². The first-order chi connectivity index (χ1) is 10.7. The van der Waals surface area contributed by atoms with Gasteiger partial charge in [-0.2, -0.15) is 0 Å². The molecule has 0 unspecified atom stereocenters. The maximum absolute atomic E-state index is 12.0. The van der Waals surface area contributed by atoms with Gasteiger partial charge < -0.3 is 10.3 Å². The minimum Gasteiger partial charge on any atom is -0.357 e. The molecular formula is C17H20ClN3O. The number of aromatic nitrogens is 1. The van der Waals surface area contributed by atoms with Gasteiger partial charge in [-0.05, 0) is 42.7 Å². The van der Waals surface area contributed by atoms with Gasteiger partial charge in [0.2, 0.25) is 0 Å². The molecule has 0 radical (unpaired) electrons. The minimum atomic E-state index is -0.0128. The summed E-state index contributed by atoms with van der Waals surface area (Å²) in [4.78, 5) is 17.4. The first-order valence-corrected chi connectivity index (χ1v) is 7.99. The summed E-state index contributed by atoms with van der Waals surface area (Å²) in [5.41, 5.74) is 1.90. The number of likely N-dealkylation sites (tertiary alicyclic amines) is 1. The number of hydrogen-bond acceptors (Lipinski definition) is 2. The summed E-state index contributed by atoms with van der Waals surface area (Å²) in [7, 11) is 0. The highest BCUT2D eigenvalue weighted by Gasteiger charge is 2.21. The van der Waals surface area contributed by atoms with E-state index in [-0.39, 0.29) is 11.9 Å². The fraction of sp³-hybridized carbons (Fsp3) is 0.353. The molecular weight excluding hydrogens is 298 g/mol. The van der Waals surface area contributed by atoms with E-state index in [2.05, 4.69) is 27.3 Å². The van der Waals surface area contributed by atoms with Gasteiger partial charge in [-0.3, -0.25) is 9.69 Å². The quantitative estimate of drug-likeness (QED) is 0.910. The van der Waals surface area contributed by atoms with Gasteiger partial charge in [0.15, 0.2) is 0 Å². The fourth-order valence-electron chi connectivity index (χ4n) is 2.82. The number of piperidine rings is 1. The van der Waals surface area contributed by atoms with Crippen molar-refractivity contribution in [2.24, 2.45) is 0 Å². The number of H-pyrrole nitrogens is 1. The molecule has 22 heavy (non-hydrogen) atoms. The molecule has 0 aliphatic carbocycles. The van der Waals surface area contributed by atoms with E-state index in [9.17, 15) is 4.79 Å². The molecule has 2 N–H and O–H groups in total.